The van der Waals surface area contributed by atoms with E-state index in [1.165, 1.54) is 12.1 Å². The highest BCUT2D eigenvalue weighted by molar-refractivity contribution is 6.00. The van der Waals surface area contributed by atoms with Gasteiger partial charge in [-0.25, -0.2) is 14.2 Å². The number of hydrogen-bond donors (Lipinski definition) is 2. The van der Waals surface area contributed by atoms with Gasteiger partial charge in [0, 0.05) is 50.5 Å². The maximum absolute atomic E-state index is 14.2. The van der Waals surface area contributed by atoms with E-state index in [2.05, 4.69) is 16.7 Å². The first kappa shape index (κ1) is 29.6. The first-order valence-electron chi connectivity index (χ1n) is 15.5. The van der Waals surface area contributed by atoms with Crippen LogP contribution in [-0.4, -0.2) is 64.9 Å². The molecule has 230 valence electrons. The quantitative estimate of drug-likeness (QED) is 0.403. The molecule has 9 nitrogen and oxygen atoms in total. The van der Waals surface area contributed by atoms with Crippen molar-refractivity contribution >= 4 is 35.0 Å². The van der Waals surface area contributed by atoms with Crippen LogP contribution in [0, 0.1) is 18.7 Å². The highest BCUT2D eigenvalue weighted by Crippen LogP contribution is 2.41. The lowest BCUT2D eigenvalue weighted by atomic mass is 9.78. The Bertz CT molecular complexity index is 1530. The number of para-hydroxylation sites is 1. The smallest absolute Gasteiger partial charge is 0.321 e. The molecular weight excluding hydrogens is 559 g/mol. The van der Waals surface area contributed by atoms with E-state index in [9.17, 15) is 18.8 Å². The zero-order valence-electron chi connectivity index (χ0n) is 25.3. The Kier molecular flexibility index (Phi) is 8.50. The molecule has 2 fully saturated rings. The third-order valence-electron chi connectivity index (χ3n) is 9.26. The van der Waals surface area contributed by atoms with Crippen molar-refractivity contribution in [3.8, 4) is 0 Å². The number of amides is 4. The van der Waals surface area contributed by atoms with Crippen LogP contribution in [0.4, 0.5) is 26.4 Å². The molecule has 3 aliphatic rings. The molecule has 0 bridgehead atoms. The second-order valence-electron chi connectivity index (χ2n) is 12.1. The molecule has 0 saturated carbocycles. The molecule has 0 spiro atoms. The Hall–Kier alpha value is -4.47. The number of piperidine rings is 2. The summed E-state index contributed by atoms with van der Waals surface area (Å²) < 4.78 is 13.2. The Morgan fingerprint density at radius 2 is 1.57 bits per heavy atom. The third-order valence-corrected chi connectivity index (χ3v) is 9.26. The van der Waals surface area contributed by atoms with Gasteiger partial charge in [0.05, 0.1) is 18.2 Å². The Morgan fingerprint density at radius 1 is 0.886 bits per heavy atom. The summed E-state index contributed by atoms with van der Waals surface area (Å²) >= 11 is 0. The number of benzene rings is 2. The van der Waals surface area contributed by atoms with E-state index in [1.54, 1.807) is 24.0 Å². The number of urea groups is 1. The number of nitrogens with zero attached hydrogens (tertiary/aromatic N) is 4. The lowest BCUT2D eigenvalue weighted by Gasteiger charge is -2.41. The molecule has 4 amide bonds. The summed E-state index contributed by atoms with van der Waals surface area (Å²) in [7, 11) is 0. The average molecular weight is 599 g/mol. The number of carbonyl (C=O) groups is 3. The molecule has 1 atom stereocenters. The minimum Gasteiger partial charge on any atom is -0.367 e. The number of aromatic nitrogens is 1. The standard InChI is InChI=1S/C34H39FN6O3/c1-22-5-3-4-6-29(22)41-21-25-7-12-30(38-32(25)31(33(41)43)24-13-17-39(18-14-24)23(2)42)36-28-15-19-40(20-16-28)34(44)37-27-10-8-26(35)9-11-27/h3-12,24,28,31H,13-21H2,1-2H3,(H,36,38)(H,37,44). The molecule has 1 unspecified atom stereocenters. The van der Waals surface area contributed by atoms with Crippen LogP contribution in [-0.2, 0) is 16.1 Å². The second-order valence-corrected chi connectivity index (χ2v) is 12.1. The van der Waals surface area contributed by atoms with Crippen molar-refractivity contribution in [2.45, 2.75) is 58.0 Å². The molecule has 1 aromatic heterocycles. The Morgan fingerprint density at radius 3 is 2.25 bits per heavy atom. The molecule has 44 heavy (non-hydrogen) atoms. The van der Waals surface area contributed by atoms with Crippen molar-refractivity contribution in [3.63, 3.8) is 0 Å². The number of likely N-dealkylation sites (tertiary alicyclic amines) is 2. The minimum absolute atomic E-state index is 0.0678. The number of carbonyl (C=O) groups excluding carboxylic acids is 3. The average Bonchev–Trinajstić information content (AvgIpc) is 3.03. The third kappa shape index (κ3) is 6.25. The van der Waals surface area contributed by atoms with Crippen LogP contribution >= 0.6 is 0 Å². The minimum atomic E-state index is -0.383. The van der Waals surface area contributed by atoms with Gasteiger partial charge in [0.1, 0.15) is 11.6 Å². The van der Waals surface area contributed by atoms with Gasteiger partial charge in [0.2, 0.25) is 11.8 Å². The molecule has 3 aromatic rings. The fourth-order valence-corrected chi connectivity index (χ4v) is 6.73. The molecular formula is C34H39FN6O3. The van der Waals surface area contributed by atoms with Crippen LogP contribution < -0.4 is 15.5 Å². The first-order chi connectivity index (χ1) is 21.3. The zero-order valence-corrected chi connectivity index (χ0v) is 25.3. The number of halogens is 1. The molecule has 3 aliphatic heterocycles. The van der Waals surface area contributed by atoms with Crippen LogP contribution in [0.3, 0.4) is 0 Å². The van der Waals surface area contributed by atoms with E-state index in [4.69, 9.17) is 4.98 Å². The van der Waals surface area contributed by atoms with E-state index < -0.39 is 0 Å². The van der Waals surface area contributed by atoms with Crippen LogP contribution in [0.1, 0.15) is 55.3 Å². The summed E-state index contributed by atoms with van der Waals surface area (Å²) in [6.07, 6.45) is 3.02. The number of hydrogen-bond acceptors (Lipinski definition) is 5. The largest absolute Gasteiger partial charge is 0.367 e. The number of aryl methyl sites for hydroxylation is 1. The highest BCUT2D eigenvalue weighted by atomic mass is 19.1. The fraction of sp³-hybridized carbons (Fsp3) is 0.412. The van der Waals surface area contributed by atoms with E-state index >= 15 is 0 Å². The van der Waals surface area contributed by atoms with E-state index in [-0.39, 0.29) is 41.5 Å². The summed E-state index contributed by atoms with van der Waals surface area (Å²) in [5.74, 6) is 0.243. The first-order valence-corrected chi connectivity index (χ1v) is 15.5. The normalized spacial score (nSPS) is 19.5. The maximum atomic E-state index is 14.2. The predicted molar refractivity (Wildman–Crippen MR) is 168 cm³/mol. The van der Waals surface area contributed by atoms with Crippen LogP contribution in [0.5, 0.6) is 0 Å². The highest BCUT2D eigenvalue weighted by Gasteiger charge is 2.42. The van der Waals surface area contributed by atoms with Crippen LogP contribution in [0.25, 0.3) is 0 Å². The lowest BCUT2D eigenvalue weighted by molar-refractivity contribution is -0.130. The number of fused-ring (bicyclic) bond motifs is 1. The second kappa shape index (κ2) is 12.6. The van der Waals surface area contributed by atoms with Gasteiger partial charge >= 0.3 is 6.03 Å². The van der Waals surface area contributed by atoms with Crippen molar-refractivity contribution < 1.29 is 18.8 Å². The molecule has 0 aliphatic carbocycles. The SMILES string of the molecule is CC(=O)N1CCC(C2C(=O)N(c3ccccc3C)Cc3ccc(NC4CCN(C(=O)Nc5ccc(F)cc5)CC4)nc32)CC1. The Labute approximate surface area is 257 Å². The van der Waals surface area contributed by atoms with Crippen molar-refractivity contribution in [1.82, 2.24) is 14.8 Å². The van der Waals surface area contributed by atoms with Crippen molar-refractivity contribution in [1.29, 1.82) is 0 Å². The monoisotopic (exact) mass is 598 g/mol. The summed E-state index contributed by atoms with van der Waals surface area (Å²) in [6.45, 7) is 6.55. The molecule has 6 rings (SSSR count). The maximum Gasteiger partial charge on any atom is 0.321 e. The van der Waals surface area contributed by atoms with Crippen LogP contribution in [0.2, 0.25) is 0 Å². The van der Waals surface area contributed by atoms with Gasteiger partial charge in [-0.3, -0.25) is 9.59 Å². The number of pyridine rings is 1. The van der Waals surface area contributed by atoms with E-state index in [0.717, 1.165) is 54.0 Å². The molecule has 2 saturated heterocycles. The molecule has 2 aromatic carbocycles. The Balaban J connectivity index is 1.17. The van der Waals surface area contributed by atoms with Gasteiger partial charge in [-0.05, 0) is 86.1 Å². The van der Waals surface area contributed by atoms with Gasteiger partial charge in [0.25, 0.3) is 0 Å². The van der Waals surface area contributed by atoms with Gasteiger partial charge in [-0.2, -0.15) is 0 Å². The van der Waals surface area contributed by atoms with Crippen LogP contribution in [0.15, 0.2) is 60.7 Å². The van der Waals surface area contributed by atoms with Gasteiger partial charge in [0.15, 0.2) is 0 Å². The van der Waals surface area contributed by atoms with E-state index in [1.807, 2.05) is 47.1 Å². The van der Waals surface area contributed by atoms with Crippen molar-refractivity contribution in [3.05, 3.63) is 83.3 Å². The van der Waals surface area contributed by atoms with E-state index in [0.29, 0.717) is 38.4 Å². The predicted octanol–water partition coefficient (Wildman–Crippen LogP) is 5.53. The lowest BCUT2D eigenvalue weighted by Crippen LogP contribution is -2.46. The topological polar surface area (TPSA) is 97.9 Å². The van der Waals surface area contributed by atoms with Gasteiger partial charge in [-0.15, -0.1) is 0 Å². The fourth-order valence-electron chi connectivity index (χ4n) is 6.73. The summed E-state index contributed by atoms with van der Waals surface area (Å²) in [5, 5.41) is 6.41. The number of nitrogens with one attached hydrogen (secondary N) is 2. The zero-order chi connectivity index (χ0) is 30.8. The molecule has 0 radical (unpaired) electrons. The summed E-state index contributed by atoms with van der Waals surface area (Å²) in [6, 6.07) is 17.8. The number of rotatable bonds is 5. The summed E-state index contributed by atoms with van der Waals surface area (Å²) in [4.78, 5) is 49.6. The molecule has 10 heteroatoms. The van der Waals surface area contributed by atoms with Gasteiger partial charge in [-0.1, -0.05) is 24.3 Å². The molecule has 4 heterocycles. The molecule has 2 N–H and O–H groups in total. The summed E-state index contributed by atoms with van der Waals surface area (Å²) in [5.41, 5.74) is 4.42. The van der Waals surface area contributed by atoms with Gasteiger partial charge < -0.3 is 25.3 Å². The van der Waals surface area contributed by atoms with Crippen molar-refractivity contribution in [2.75, 3.05) is 41.7 Å². The number of anilines is 3. The van der Waals surface area contributed by atoms with Crippen molar-refractivity contribution in [2.24, 2.45) is 5.92 Å².